The summed E-state index contributed by atoms with van der Waals surface area (Å²) >= 11 is 0. The lowest BCUT2D eigenvalue weighted by molar-refractivity contribution is 0.191. The Balaban J connectivity index is 2.36. The van der Waals surface area contributed by atoms with Crippen LogP contribution >= 0.6 is 0 Å². The van der Waals surface area contributed by atoms with Crippen molar-refractivity contribution in [3.8, 4) is 0 Å². The molecule has 0 amide bonds. The number of hydrogen-bond donors (Lipinski definition) is 2. The highest BCUT2D eigenvalue weighted by atomic mass is 19.1. The van der Waals surface area contributed by atoms with E-state index in [1.807, 2.05) is 20.2 Å². The maximum atomic E-state index is 14.1. The fourth-order valence-electron chi connectivity index (χ4n) is 3.01. The highest BCUT2D eigenvalue weighted by Gasteiger charge is 2.33. The van der Waals surface area contributed by atoms with Crippen molar-refractivity contribution >= 4 is 5.69 Å². The third-order valence-corrected chi connectivity index (χ3v) is 3.76. The van der Waals surface area contributed by atoms with Gasteiger partial charge >= 0.3 is 0 Å². The molecule has 4 nitrogen and oxygen atoms in total. The zero-order valence-corrected chi connectivity index (χ0v) is 12.4. The minimum atomic E-state index is -0.371. The first-order valence-corrected chi connectivity index (χ1v) is 7.03. The van der Waals surface area contributed by atoms with Crippen LogP contribution in [0.4, 0.5) is 10.1 Å². The molecule has 112 valence electrons. The number of nitrogens with two attached hydrogens (primary N) is 1. The largest absolute Gasteiger partial charge is 0.391 e. The number of halogens is 1. The normalized spacial score (nSPS) is 24.4. The van der Waals surface area contributed by atoms with Gasteiger partial charge in [0.05, 0.1) is 6.10 Å². The average molecular weight is 281 g/mol. The molecule has 0 aliphatic carbocycles. The van der Waals surface area contributed by atoms with Gasteiger partial charge in [0.2, 0.25) is 0 Å². The van der Waals surface area contributed by atoms with E-state index in [-0.39, 0.29) is 24.0 Å². The summed E-state index contributed by atoms with van der Waals surface area (Å²) in [5, 5.41) is 9.96. The molecule has 3 N–H and O–H groups in total. The van der Waals surface area contributed by atoms with E-state index in [0.29, 0.717) is 18.5 Å². The van der Waals surface area contributed by atoms with Crippen LogP contribution < -0.4 is 10.6 Å². The maximum Gasteiger partial charge on any atom is 0.130 e. The van der Waals surface area contributed by atoms with Crippen LogP contribution in [0.15, 0.2) is 18.2 Å². The van der Waals surface area contributed by atoms with Crippen LogP contribution in [-0.2, 0) is 0 Å². The minimum Gasteiger partial charge on any atom is -0.391 e. The van der Waals surface area contributed by atoms with Crippen molar-refractivity contribution in [3.63, 3.8) is 0 Å². The fraction of sp³-hybridized carbons (Fsp3) is 0.600. The topological polar surface area (TPSA) is 52.7 Å². The van der Waals surface area contributed by atoms with Crippen molar-refractivity contribution in [1.29, 1.82) is 0 Å². The van der Waals surface area contributed by atoms with Gasteiger partial charge < -0.3 is 20.6 Å². The molecule has 1 fully saturated rings. The summed E-state index contributed by atoms with van der Waals surface area (Å²) in [5.41, 5.74) is 7.27. The predicted octanol–water partition coefficient (Wildman–Crippen LogP) is 1.35. The van der Waals surface area contributed by atoms with Crippen LogP contribution in [0.5, 0.6) is 0 Å². The Morgan fingerprint density at radius 3 is 2.80 bits per heavy atom. The Bertz CT molecular complexity index is 464. The van der Waals surface area contributed by atoms with E-state index < -0.39 is 0 Å². The highest BCUT2D eigenvalue weighted by molar-refractivity contribution is 5.57. The third-order valence-electron chi connectivity index (χ3n) is 3.76. The molecule has 1 aliphatic rings. The molecule has 0 aromatic heterocycles. The van der Waals surface area contributed by atoms with Gasteiger partial charge in [0.15, 0.2) is 0 Å². The van der Waals surface area contributed by atoms with Crippen LogP contribution in [0.2, 0.25) is 0 Å². The zero-order valence-electron chi connectivity index (χ0n) is 12.4. The van der Waals surface area contributed by atoms with E-state index in [1.165, 1.54) is 6.07 Å². The summed E-state index contributed by atoms with van der Waals surface area (Å²) < 4.78 is 14.1. The molecule has 3 atom stereocenters. The molecule has 1 aromatic rings. The first-order chi connectivity index (χ1) is 9.40. The number of benzene rings is 1. The summed E-state index contributed by atoms with van der Waals surface area (Å²) in [6, 6.07) is 4.84. The van der Waals surface area contributed by atoms with Gasteiger partial charge in [-0.05, 0) is 39.6 Å². The van der Waals surface area contributed by atoms with Crippen molar-refractivity contribution in [2.24, 2.45) is 5.73 Å². The van der Waals surface area contributed by atoms with Crippen molar-refractivity contribution in [1.82, 2.24) is 4.90 Å². The molecule has 0 spiro atoms. The molecule has 2 unspecified atom stereocenters. The summed E-state index contributed by atoms with van der Waals surface area (Å²) in [6.07, 6.45) is 0.330. The van der Waals surface area contributed by atoms with Crippen LogP contribution in [0.25, 0.3) is 0 Å². The van der Waals surface area contributed by atoms with Crippen LogP contribution in [-0.4, -0.2) is 49.3 Å². The number of β-amino-alcohol motifs (C(OH)–C–C–N with tert-alkyl or cyclic N) is 1. The van der Waals surface area contributed by atoms with E-state index >= 15 is 0 Å². The Morgan fingerprint density at radius 2 is 2.20 bits per heavy atom. The minimum absolute atomic E-state index is 0.180. The van der Waals surface area contributed by atoms with Gasteiger partial charge in [0.25, 0.3) is 0 Å². The van der Waals surface area contributed by atoms with E-state index in [2.05, 4.69) is 9.80 Å². The molecule has 5 heteroatoms. The van der Waals surface area contributed by atoms with Crippen LogP contribution in [0.3, 0.4) is 0 Å². The Morgan fingerprint density at radius 1 is 1.50 bits per heavy atom. The molecule has 1 aromatic carbocycles. The van der Waals surface area contributed by atoms with Gasteiger partial charge in [-0.25, -0.2) is 4.39 Å². The van der Waals surface area contributed by atoms with Crippen molar-refractivity contribution < 1.29 is 9.50 Å². The second kappa shape index (κ2) is 6.08. The maximum absolute atomic E-state index is 14.1. The van der Waals surface area contributed by atoms with Crippen LogP contribution in [0, 0.1) is 5.82 Å². The summed E-state index contributed by atoms with van der Waals surface area (Å²) in [5.74, 6) is -0.275. The lowest BCUT2D eigenvalue weighted by atomic mass is 10.0. The second-order valence-corrected chi connectivity index (χ2v) is 5.92. The number of hydrogen-bond acceptors (Lipinski definition) is 4. The molecule has 20 heavy (non-hydrogen) atoms. The van der Waals surface area contributed by atoms with Crippen LogP contribution in [0.1, 0.15) is 24.9 Å². The molecular formula is C15H24FN3O. The SMILES string of the molecule is C[C@@H](N)c1c(F)cccc1N1CC(O)CC1CN(C)C. The summed E-state index contributed by atoms with van der Waals surface area (Å²) in [6.45, 7) is 3.14. The Kier molecular flexibility index (Phi) is 4.62. The number of rotatable bonds is 4. The van der Waals surface area contributed by atoms with Crippen molar-refractivity contribution in [2.75, 3.05) is 32.1 Å². The first-order valence-electron chi connectivity index (χ1n) is 7.03. The van der Waals surface area contributed by atoms with Crippen molar-refractivity contribution in [2.45, 2.75) is 31.5 Å². The average Bonchev–Trinajstić information content (AvgIpc) is 2.68. The second-order valence-electron chi connectivity index (χ2n) is 5.92. The summed E-state index contributed by atoms with van der Waals surface area (Å²) in [4.78, 5) is 4.17. The van der Waals surface area contributed by atoms with E-state index in [4.69, 9.17) is 5.73 Å². The monoisotopic (exact) mass is 281 g/mol. The molecule has 2 rings (SSSR count). The molecule has 1 heterocycles. The smallest absolute Gasteiger partial charge is 0.130 e. The fourth-order valence-corrected chi connectivity index (χ4v) is 3.01. The number of aliphatic hydroxyl groups excluding tert-OH is 1. The first kappa shape index (κ1) is 15.2. The molecule has 0 radical (unpaired) electrons. The zero-order chi connectivity index (χ0) is 14.9. The quantitative estimate of drug-likeness (QED) is 0.874. The van der Waals surface area contributed by atoms with E-state index in [9.17, 15) is 9.50 Å². The lowest BCUT2D eigenvalue weighted by Gasteiger charge is -2.31. The molecule has 0 bridgehead atoms. The third kappa shape index (κ3) is 3.11. The Labute approximate surface area is 120 Å². The van der Waals surface area contributed by atoms with Gasteiger partial charge in [-0.15, -0.1) is 0 Å². The number of aliphatic hydroxyl groups is 1. The van der Waals surface area contributed by atoms with Gasteiger partial charge in [-0.3, -0.25) is 0 Å². The number of anilines is 1. The van der Waals surface area contributed by atoms with Gasteiger partial charge in [-0.1, -0.05) is 6.07 Å². The number of likely N-dealkylation sites (N-methyl/N-ethyl adjacent to an activating group) is 1. The number of nitrogens with zero attached hydrogens (tertiary/aromatic N) is 2. The van der Waals surface area contributed by atoms with Gasteiger partial charge in [0, 0.05) is 36.4 Å². The van der Waals surface area contributed by atoms with E-state index in [1.54, 1.807) is 13.0 Å². The van der Waals surface area contributed by atoms with Gasteiger partial charge in [0.1, 0.15) is 5.82 Å². The van der Waals surface area contributed by atoms with Gasteiger partial charge in [-0.2, -0.15) is 0 Å². The van der Waals surface area contributed by atoms with E-state index in [0.717, 1.165) is 12.2 Å². The standard InChI is InChI=1S/C15H24FN3O/c1-10(17)15-13(16)5-4-6-14(15)19-9-12(20)7-11(19)8-18(2)3/h4-6,10-12,20H,7-9,17H2,1-3H3/t10-,11?,12?/m1/s1. The highest BCUT2D eigenvalue weighted by Crippen LogP contribution is 2.33. The Hall–Kier alpha value is -1.17. The lowest BCUT2D eigenvalue weighted by Crippen LogP contribution is -2.38. The molecule has 0 saturated carbocycles. The van der Waals surface area contributed by atoms with Crippen molar-refractivity contribution in [3.05, 3.63) is 29.6 Å². The molecule has 1 saturated heterocycles. The predicted molar refractivity (Wildman–Crippen MR) is 79.3 cm³/mol. The summed E-state index contributed by atoms with van der Waals surface area (Å²) in [7, 11) is 4.00. The molecular weight excluding hydrogens is 257 g/mol. The molecule has 1 aliphatic heterocycles.